The molecule has 0 aromatic heterocycles. The molecule has 2 amide bonds. The Bertz CT molecular complexity index is 548. The Morgan fingerprint density at radius 1 is 1.29 bits per heavy atom. The lowest BCUT2D eigenvalue weighted by Gasteiger charge is -2.06. The predicted molar refractivity (Wildman–Crippen MR) is 78.7 cm³/mol. The van der Waals surface area contributed by atoms with Gasteiger partial charge in [0.25, 0.3) is 5.69 Å². The van der Waals surface area contributed by atoms with Crippen LogP contribution < -0.4 is 10.6 Å². The number of amides is 2. The number of carbonyl (C=O) groups is 2. The van der Waals surface area contributed by atoms with E-state index < -0.39 is 10.7 Å². The van der Waals surface area contributed by atoms with Gasteiger partial charge in [-0.3, -0.25) is 14.9 Å². The van der Waals surface area contributed by atoms with Crippen LogP contribution in [-0.4, -0.2) is 29.8 Å². The van der Waals surface area contributed by atoms with Gasteiger partial charge in [0.1, 0.15) is 0 Å². The van der Waals surface area contributed by atoms with Gasteiger partial charge in [0.05, 0.1) is 10.5 Å². The molecule has 1 aromatic carbocycles. The maximum atomic E-state index is 12.0. The van der Waals surface area contributed by atoms with Crippen LogP contribution in [0.15, 0.2) is 18.2 Å². The predicted octanol–water partition coefficient (Wildman–Crippen LogP) is 2.53. The number of nitrogens with one attached hydrogen (secondary N) is 2. The lowest BCUT2D eigenvalue weighted by molar-refractivity contribution is -0.385. The molecule has 7 nitrogen and oxygen atoms in total. The Morgan fingerprint density at radius 2 is 1.95 bits per heavy atom. The molecule has 2 N–H and O–H groups in total. The van der Waals surface area contributed by atoms with Gasteiger partial charge in [0.2, 0.25) is 0 Å². The summed E-state index contributed by atoms with van der Waals surface area (Å²) >= 11 is 5.75. The smallest absolute Gasteiger partial charge is 0.314 e. The highest BCUT2D eigenvalue weighted by atomic mass is 35.5. The molecule has 1 rings (SSSR count). The summed E-state index contributed by atoms with van der Waals surface area (Å²) in [6, 6.07) is 3.44. The van der Waals surface area contributed by atoms with Gasteiger partial charge in [0, 0.05) is 30.6 Å². The summed E-state index contributed by atoms with van der Waals surface area (Å²) < 4.78 is 0. The lowest BCUT2D eigenvalue weighted by Crippen LogP contribution is -2.36. The van der Waals surface area contributed by atoms with Crippen LogP contribution in [-0.2, 0) is 0 Å². The Balaban J connectivity index is 2.62. The molecule has 21 heavy (non-hydrogen) atoms. The van der Waals surface area contributed by atoms with E-state index in [0.717, 1.165) is 6.42 Å². The minimum atomic E-state index is -0.634. The van der Waals surface area contributed by atoms with Crippen LogP contribution in [0.25, 0.3) is 0 Å². The minimum absolute atomic E-state index is 0.0409. The number of rotatable bonds is 7. The summed E-state index contributed by atoms with van der Waals surface area (Å²) in [4.78, 5) is 33.5. The molecule has 0 unspecified atom stereocenters. The van der Waals surface area contributed by atoms with Crippen LogP contribution in [0.5, 0.6) is 0 Å². The second kappa shape index (κ2) is 8.21. The van der Waals surface area contributed by atoms with Crippen molar-refractivity contribution in [3.8, 4) is 0 Å². The zero-order valence-electron chi connectivity index (χ0n) is 11.5. The van der Waals surface area contributed by atoms with Crippen LogP contribution in [0.1, 0.15) is 30.1 Å². The standard InChI is InChI=1S/C13H16ClN3O4/c1-2-6-15-13(19)16-7-5-12(18)10-8-9(14)3-4-11(10)17(20)21/h3-4,8H,2,5-7H2,1H3,(H2,15,16,19). The van der Waals surface area contributed by atoms with Crippen molar-refractivity contribution in [3.05, 3.63) is 38.9 Å². The van der Waals surface area contributed by atoms with E-state index in [-0.39, 0.29) is 35.3 Å². The third-order valence-corrected chi connectivity index (χ3v) is 2.86. The van der Waals surface area contributed by atoms with Crippen LogP contribution in [0.2, 0.25) is 5.02 Å². The number of nitro groups is 1. The molecule has 0 atom stereocenters. The van der Waals surface area contributed by atoms with Gasteiger partial charge in [-0.2, -0.15) is 0 Å². The summed E-state index contributed by atoms with van der Waals surface area (Å²) in [5, 5.41) is 16.2. The molecule has 1 aromatic rings. The third kappa shape index (κ3) is 5.39. The van der Waals surface area contributed by atoms with Gasteiger partial charge in [-0.05, 0) is 18.6 Å². The van der Waals surface area contributed by atoms with Gasteiger partial charge in [-0.15, -0.1) is 0 Å². The number of urea groups is 1. The maximum Gasteiger partial charge on any atom is 0.314 e. The largest absolute Gasteiger partial charge is 0.338 e. The number of hydrogen-bond donors (Lipinski definition) is 2. The highest BCUT2D eigenvalue weighted by Crippen LogP contribution is 2.23. The number of nitro benzene ring substituents is 1. The average molecular weight is 314 g/mol. The molecular formula is C13H16ClN3O4. The molecule has 0 aliphatic heterocycles. The first kappa shape index (κ1) is 16.9. The molecular weight excluding hydrogens is 298 g/mol. The summed E-state index contributed by atoms with van der Waals surface area (Å²) in [5.41, 5.74) is -0.344. The minimum Gasteiger partial charge on any atom is -0.338 e. The highest BCUT2D eigenvalue weighted by molar-refractivity contribution is 6.31. The summed E-state index contributed by atoms with van der Waals surface area (Å²) in [7, 11) is 0. The second-order valence-electron chi connectivity index (χ2n) is 4.27. The normalized spacial score (nSPS) is 10.0. The fraction of sp³-hybridized carbons (Fsp3) is 0.385. The SMILES string of the molecule is CCCNC(=O)NCCC(=O)c1cc(Cl)ccc1[N+](=O)[O-]. The highest BCUT2D eigenvalue weighted by Gasteiger charge is 2.20. The number of Topliss-reactive ketones (excluding diaryl/α,β-unsaturated/α-hetero) is 1. The van der Waals surface area contributed by atoms with Gasteiger partial charge in [-0.1, -0.05) is 18.5 Å². The van der Waals surface area contributed by atoms with E-state index in [9.17, 15) is 19.7 Å². The van der Waals surface area contributed by atoms with E-state index in [1.54, 1.807) is 0 Å². The molecule has 0 bridgehead atoms. The van der Waals surface area contributed by atoms with Crippen molar-refractivity contribution in [2.75, 3.05) is 13.1 Å². The van der Waals surface area contributed by atoms with Gasteiger partial charge in [0.15, 0.2) is 5.78 Å². The van der Waals surface area contributed by atoms with Crippen molar-refractivity contribution in [2.24, 2.45) is 0 Å². The maximum absolute atomic E-state index is 12.0. The molecule has 8 heteroatoms. The molecule has 0 saturated heterocycles. The molecule has 0 aliphatic rings. The van der Waals surface area contributed by atoms with Crippen LogP contribution >= 0.6 is 11.6 Å². The Labute approximate surface area is 126 Å². The Morgan fingerprint density at radius 3 is 2.57 bits per heavy atom. The molecule has 0 radical (unpaired) electrons. The quantitative estimate of drug-likeness (QED) is 0.459. The monoisotopic (exact) mass is 313 g/mol. The van der Waals surface area contributed by atoms with E-state index in [2.05, 4.69) is 10.6 Å². The zero-order chi connectivity index (χ0) is 15.8. The molecule has 0 spiro atoms. The number of carbonyl (C=O) groups excluding carboxylic acids is 2. The number of halogens is 1. The fourth-order valence-corrected chi connectivity index (χ4v) is 1.79. The molecule has 114 valence electrons. The zero-order valence-corrected chi connectivity index (χ0v) is 12.3. The molecule has 0 fully saturated rings. The first-order chi connectivity index (χ1) is 9.95. The van der Waals surface area contributed by atoms with Gasteiger partial charge >= 0.3 is 6.03 Å². The van der Waals surface area contributed by atoms with Crippen molar-refractivity contribution in [1.82, 2.24) is 10.6 Å². The van der Waals surface area contributed by atoms with Crippen molar-refractivity contribution in [2.45, 2.75) is 19.8 Å². The van der Waals surface area contributed by atoms with E-state index in [1.165, 1.54) is 18.2 Å². The summed E-state index contributed by atoms with van der Waals surface area (Å²) in [5.74, 6) is -0.444. The van der Waals surface area contributed by atoms with Crippen molar-refractivity contribution in [3.63, 3.8) is 0 Å². The number of nitrogens with zero attached hydrogens (tertiary/aromatic N) is 1. The average Bonchev–Trinajstić information content (AvgIpc) is 2.44. The Kier molecular flexibility index (Phi) is 6.61. The van der Waals surface area contributed by atoms with Crippen molar-refractivity contribution >= 4 is 29.1 Å². The van der Waals surface area contributed by atoms with Crippen molar-refractivity contribution in [1.29, 1.82) is 0 Å². The summed E-state index contributed by atoms with van der Waals surface area (Å²) in [6.07, 6.45) is 0.766. The first-order valence-corrected chi connectivity index (χ1v) is 6.82. The van der Waals surface area contributed by atoms with Crippen LogP contribution in [0.3, 0.4) is 0 Å². The topological polar surface area (TPSA) is 101 Å². The third-order valence-electron chi connectivity index (χ3n) is 2.63. The van der Waals surface area contributed by atoms with Crippen LogP contribution in [0.4, 0.5) is 10.5 Å². The number of benzene rings is 1. The lowest BCUT2D eigenvalue weighted by atomic mass is 10.1. The summed E-state index contributed by atoms with van der Waals surface area (Å²) in [6.45, 7) is 2.56. The fourth-order valence-electron chi connectivity index (χ4n) is 1.62. The second-order valence-corrected chi connectivity index (χ2v) is 4.71. The van der Waals surface area contributed by atoms with E-state index in [1.807, 2.05) is 6.92 Å². The Hall–Kier alpha value is -2.15. The number of ketones is 1. The number of hydrogen-bond acceptors (Lipinski definition) is 4. The van der Waals surface area contributed by atoms with E-state index in [0.29, 0.717) is 6.54 Å². The van der Waals surface area contributed by atoms with E-state index >= 15 is 0 Å². The van der Waals surface area contributed by atoms with Gasteiger partial charge in [-0.25, -0.2) is 4.79 Å². The molecule has 0 aliphatic carbocycles. The molecule has 0 heterocycles. The molecule has 0 saturated carbocycles. The van der Waals surface area contributed by atoms with Crippen LogP contribution in [0, 0.1) is 10.1 Å². The first-order valence-electron chi connectivity index (χ1n) is 6.44. The van der Waals surface area contributed by atoms with E-state index in [4.69, 9.17) is 11.6 Å². The van der Waals surface area contributed by atoms with Gasteiger partial charge < -0.3 is 10.6 Å². The van der Waals surface area contributed by atoms with Crippen molar-refractivity contribution < 1.29 is 14.5 Å².